The van der Waals surface area contributed by atoms with Crippen LogP contribution in [0.1, 0.15) is 21.5 Å². The second kappa shape index (κ2) is 10.6. The molecule has 172 valence electrons. The van der Waals surface area contributed by atoms with Crippen LogP contribution in [0.2, 0.25) is 5.02 Å². The maximum Gasteiger partial charge on any atom is 0.417 e. The highest BCUT2D eigenvalue weighted by Crippen LogP contribution is 2.38. The lowest BCUT2D eigenvalue weighted by Gasteiger charge is -2.12. The first-order chi connectivity index (χ1) is 15.5. The molecule has 3 aromatic carbocycles. The third-order valence-corrected chi connectivity index (χ3v) is 6.66. The molecule has 3 rings (SSSR count). The van der Waals surface area contributed by atoms with Gasteiger partial charge in [-0.05, 0) is 71.0 Å². The number of aryl methyl sites for hydroxylation is 1. The normalized spacial score (nSPS) is 12.0. The molecule has 0 saturated carbocycles. The van der Waals surface area contributed by atoms with Gasteiger partial charge in [0.25, 0.3) is 5.91 Å². The zero-order valence-corrected chi connectivity index (χ0v) is 19.1. The Morgan fingerprint density at radius 2 is 1.64 bits per heavy atom. The first-order valence-electron chi connectivity index (χ1n) is 9.16. The van der Waals surface area contributed by atoms with Crippen molar-refractivity contribution in [3.8, 4) is 0 Å². The number of halogens is 6. The van der Waals surface area contributed by atoms with Crippen molar-refractivity contribution in [1.29, 1.82) is 0 Å². The molecule has 0 aliphatic rings. The van der Waals surface area contributed by atoms with Crippen molar-refractivity contribution in [2.24, 2.45) is 4.99 Å². The average Bonchev–Trinajstić information content (AvgIpc) is 2.73. The van der Waals surface area contributed by atoms with Gasteiger partial charge in [-0.15, -0.1) is 0 Å². The second-order valence-electron chi connectivity index (χ2n) is 6.61. The van der Waals surface area contributed by atoms with Crippen LogP contribution in [0.15, 0.2) is 70.6 Å². The third kappa shape index (κ3) is 6.72. The number of amidine groups is 1. The van der Waals surface area contributed by atoms with E-state index in [0.29, 0.717) is 0 Å². The Balaban J connectivity index is 1.94. The molecule has 33 heavy (non-hydrogen) atoms. The minimum absolute atomic E-state index is 0.159. The van der Waals surface area contributed by atoms with Gasteiger partial charge in [-0.1, -0.05) is 35.4 Å². The van der Waals surface area contributed by atoms with E-state index in [4.69, 9.17) is 11.6 Å². The van der Waals surface area contributed by atoms with E-state index in [0.717, 1.165) is 62.4 Å². The molecule has 11 heteroatoms. The Kier molecular flexibility index (Phi) is 8.04. The summed E-state index contributed by atoms with van der Waals surface area (Å²) >= 11 is 5.64. The van der Waals surface area contributed by atoms with Crippen LogP contribution in [0.5, 0.6) is 0 Å². The summed E-state index contributed by atoms with van der Waals surface area (Å²) in [6.07, 6.45) is -4.72. The second-order valence-corrected chi connectivity index (χ2v) is 9.21. The summed E-state index contributed by atoms with van der Waals surface area (Å²) in [7, 11) is 2.05. The van der Waals surface area contributed by atoms with Crippen molar-refractivity contribution >= 4 is 50.0 Å². The predicted octanol–water partition coefficient (Wildman–Crippen LogP) is 7.80. The van der Waals surface area contributed by atoms with Gasteiger partial charge in [-0.2, -0.15) is 13.2 Å². The van der Waals surface area contributed by atoms with E-state index in [1.165, 1.54) is 6.07 Å². The highest BCUT2D eigenvalue weighted by Gasteiger charge is 2.33. The lowest BCUT2D eigenvalue weighted by Crippen LogP contribution is -2.29. The van der Waals surface area contributed by atoms with E-state index < -0.39 is 39.9 Å². The van der Waals surface area contributed by atoms with E-state index in [1.807, 2.05) is 19.1 Å². The van der Waals surface area contributed by atoms with Crippen LogP contribution in [0.3, 0.4) is 0 Å². The van der Waals surface area contributed by atoms with Gasteiger partial charge in [0, 0.05) is 4.90 Å². The molecule has 0 atom stereocenters. The molecule has 0 bridgehead atoms. The van der Waals surface area contributed by atoms with Gasteiger partial charge in [-0.25, -0.2) is 13.8 Å². The van der Waals surface area contributed by atoms with Crippen molar-refractivity contribution in [2.45, 2.75) is 18.0 Å². The first-order valence-corrected chi connectivity index (χ1v) is 11.7. The number of nitrogens with one attached hydrogen (secondary N) is 1. The Hall–Kier alpha value is -2.56. The molecule has 0 spiro atoms. The molecule has 0 saturated heterocycles. The molecule has 0 radical (unpaired) electrons. The molecule has 0 aliphatic heterocycles. The van der Waals surface area contributed by atoms with Gasteiger partial charge in [0.15, 0.2) is 5.17 Å². The molecule has 0 aromatic heterocycles. The standard InChI is InChI=1S/C22H14ClF5N2OS2/c1-12-5-8-14(9-6-12)32-33-21(30-20(31)19-17(24)3-2-4-18(19)25)29-13-7-10-16(23)15(11-13)22(26,27)28/h2-11H,1H3,(H,29,30,31). The highest BCUT2D eigenvalue weighted by molar-refractivity contribution is 8.82. The number of amides is 1. The summed E-state index contributed by atoms with van der Waals surface area (Å²) < 4.78 is 67.6. The summed E-state index contributed by atoms with van der Waals surface area (Å²) in [6.45, 7) is 1.90. The summed E-state index contributed by atoms with van der Waals surface area (Å²) in [5.74, 6) is -3.31. The van der Waals surface area contributed by atoms with E-state index in [2.05, 4.69) is 10.3 Å². The number of nitrogens with zero attached hydrogens (tertiary/aromatic N) is 1. The zero-order valence-electron chi connectivity index (χ0n) is 16.7. The van der Waals surface area contributed by atoms with Crippen molar-refractivity contribution < 1.29 is 26.7 Å². The smallest absolute Gasteiger partial charge is 0.300 e. The van der Waals surface area contributed by atoms with Crippen molar-refractivity contribution in [3.05, 3.63) is 94.0 Å². The van der Waals surface area contributed by atoms with E-state index in [9.17, 15) is 26.7 Å². The Bertz CT molecular complexity index is 1180. The molecule has 1 amide bonds. The summed E-state index contributed by atoms with van der Waals surface area (Å²) in [6, 6.07) is 13.2. The van der Waals surface area contributed by atoms with Gasteiger partial charge in [0.05, 0.1) is 16.3 Å². The SMILES string of the molecule is Cc1ccc(SSC(=Nc2ccc(Cl)c(C(F)(F)F)c2)NC(=O)c2c(F)cccc2F)cc1. The van der Waals surface area contributed by atoms with Crippen LogP contribution in [0, 0.1) is 18.6 Å². The molecule has 0 unspecified atom stereocenters. The highest BCUT2D eigenvalue weighted by atomic mass is 35.5. The molecule has 3 aromatic rings. The number of carbonyl (C=O) groups is 1. The Morgan fingerprint density at radius 1 is 1.00 bits per heavy atom. The Labute approximate surface area is 198 Å². The largest absolute Gasteiger partial charge is 0.417 e. The van der Waals surface area contributed by atoms with E-state index in [-0.39, 0.29) is 10.9 Å². The zero-order chi connectivity index (χ0) is 24.2. The number of hydrogen-bond donors (Lipinski definition) is 1. The molecule has 1 N–H and O–H groups in total. The Morgan fingerprint density at radius 3 is 2.24 bits per heavy atom. The monoisotopic (exact) mass is 516 g/mol. The first kappa shape index (κ1) is 25.1. The average molecular weight is 517 g/mol. The maximum absolute atomic E-state index is 14.0. The molecular weight excluding hydrogens is 503 g/mol. The number of benzene rings is 3. The van der Waals surface area contributed by atoms with E-state index >= 15 is 0 Å². The molecular formula is C22H14ClF5N2OS2. The van der Waals surface area contributed by atoms with Crippen LogP contribution in [-0.2, 0) is 6.18 Å². The lowest BCUT2D eigenvalue weighted by atomic mass is 10.2. The summed E-state index contributed by atoms with van der Waals surface area (Å²) in [5.41, 5.74) is -1.08. The predicted molar refractivity (Wildman–Crippen MR) is 122 cm³/mol. The van der Waals surface area contributed by atoms with Gasteiger partial charge in [-0.3, -0.25) is 4.79 Å². The van der Waals surface area contributed by atoms with Crippen LogP contribution < -0.4 is 5.32 Å². The minimum atomic E-state index is -4.72. The van der Waals surface area contributed by atoms with Crippen LogP contribution in [0.4, 0.5) is 27.6 Å². The fourth-order valence-corrected chi connectivity index (χ4v) is 4.56. The number of hydrogen-bond acceptors (Lipinski definition) is 4. The topological polar surface area (TPSA) is 41.5 Å². The number of alkyl halides is 3. The number of carbonyl (C=O) groups excluding carboxylic acids is 1. The van der Waals surface area contributed by atoms with Gasteiger partial charge in [0.2, 0.25) is 0 Å². The molecule has 0 fully saturated rings. The van der Waals surface area contributed by atoms with Crippen molar-refractivity contribution in [3.63, 3.8) is 0 Å². The fraction of sp³-hybridized carbons (Fsp3) is 0.0909. The van der Waals surface area contributed by atoms with Crippen LogP contribution >= 0.6 is 33.2 Å². The van der Waals surface area contributed by atoms with Crippen molar-refractivity contribution in [2.75, 3.05) is 0 Å². The third-order valence-electron chi connectivity index (χ3n) is 4.13. The summed E-state index contributed by atoms with van der Waals surface area (Å²) in [5, 5.41) is 1.59. The minimum Gasteiger partial charge on any atom is -0.300 e. The van der Waals surface area contributed by atoms with Crippen LogP contribution in [0.25, 0.3) is 0 Å². The van der Waals surface area contributed by atoms with Gasteiger partial charge in [0.1, 0.15) is 17.2 Å². The van der Waals surface area contributed by atoms with Gasteiger partial charge < -0.3 is 5.32 Å². The molecule has 0 heterocycles. The number of aliphatic imine (C=N–C) groups is 1. The molecule has 0 aliphatic carbocycles. The molecule has 3 nitrogen and oxygen atoms in total. The maximum atomic E-state index is 14.0. The fourth-order valence-electron chi connectivity index (χ4n) is 2.54. The van der Waals surface area contributed by atoms with Crippen LogP contribution in [-0.4, -0.2) is 11.1 Å². The van der Waals surface area contributed by atoms with Gasteiger partial charge >= 0.3 is 6.18 Å². The lowest BCUT2D eigenvalue weighted by molar-refractivity contribution is -0.137. The van der Waals surface area contributed by atoms with Crippen molar-refractivity contribution in [1.82, 2.24) is 5.32 Å². The number of rotatable bonds is 4. The van der Waals surface area contributed by atoms with E-state index in [1.54, 1.807) is 12.1 Å². The summed E-state index contributed by atoms with van der Waals surface area (Å²) in [4.78, 5) is 17.3. The quantitative estimate of drug-likeness (QED) is 0.166.